The Morgan fingerprint density at radius 1 is 0.260 bits per heavy atom. The monoisotopic (exact) mass is 1080 g/mol. The van der Waals surface area contributed by atoms with Gasteiger partial charge in [-0.05, 0) is 89.9 Å². The Morgan fingerprint density at radius 2 is 0.468 bits per heavy atom. The first kappa shape index (κ1) is 74.1. The molecule has 0 spiro atoms. The molecule has 0 aliphatic rings. The summed E-state index contributed by atoms with van der Waals surface area (Å²) < 4.78 is 17.0. The number of hydrogen-bond donors (Lipinski definition) is 0. The van der Waals surface area contributed by atoms with Gasteiger partial charge in [-0.15, -0.1) is 0 Å². The zero-order valence-corrected chi connectivity index (χ0v) is 51.5. The molecule has 0 heterocycles. The van der Waals surface area contributed by atoms with Crippen molar-refractivity contribution in [2.24, 2.45) is 0 Å². The maximum Gasteiger partial charge on any atom is 0.306 e. The second kappa shape index (κ2) is 65.6. The Bertz CT molecular complexity index is 1380. The van der Waals surface area contributed by atoms with Crippen LogP contribution in [0.3, 0.4) is 0 Å². The molecule has 0 saturated heterocycles. The molecule has 6 nitrogen and oxygen atoms in total. The van der Waals surface area contributed by atoms with Crippen LogP contribution in [0.5, 0.6) is 0 Å². The third-order valence-electron chi connectivity index (χ3n) is 15.0. The van der Waals surface area contributed by atoms with Crippen molar-refractivity contribution in [1.82, 2.24) is 0 Å². The average Bonchev–Trinajstić information content (AvgIpc) is 3.43. The summed E-state index contributed by atoms with van der Waals surface area (Å²) >= 11 is 0. The van der Waals surface area contributed by atoms with Crippen molar-refractivity contribution in [2.75, 3.05) is 13.2 Å². The van der Waals surface area contributed by atoms with E-state index in [4.69, 9.17) is 14.2 Å². The van der Waals surface area contributed by atoms with Crippen LogP contribution < -0.4 is 0 Å². The van der Waals surface area contributed by atoms with E-state index in [0.717, 1.165) is 96.3 Å². The number of allylic oxidation sites excluding steroid dienone is 10. The van der Waals surface area contributed by atoms with Crippen LogP contribution >= 0.6 is 0 Å². The highest BCUT2D eigenvalue weighted by Crippen LogP contribution is 2.18. The number of esters is 3. The molecule has 0 rings (SSSR count). The van der Waals surface area contributed by atoms with E-state index in [2.05, 4.69) is 81.5 Å². The molecule has 1 unspecified atom stereocenters. The largest absolute Gasteiger partial charge is 0.462 e. The van der Waals surface area contributed by atoms with E-state index in [0.29, 0.717) is 19.3 Å². The fourth-order valence-electron chi connectivity index (χ4n) is 9.89. The van der Waals surface area contributed by atoms with Crippen molar-refractivity contribution in [1.29, 1.82) is 0 Å². The molecule has 0 bridgehead atoms. The van der Waals surface area contributed by atoms with Crippen LogP contribution in [0.15, 0.2) is 60.8 Å². The minimum absolute atomic E-state index is 0.0789. The van der Waals surface area contributed by atoms with Crippen molar-refractivity contribution >= 4 is 17.9 Å². The first-order chi connectivity index (χ1) is 38.0. The van der Waals surface area contributed by atoms with Gasteiger partial charge in [0.2, 0.25) is 0 Å². The van der Waals surface area contributed by atoms with Gasteiger partial charge in [-0.25, -0.2) is 0 Å². The predicted molar refractivity (Wildman–Crippen MR) is 335 cm³/mol. The van der Waals surface area contributed by atoms with Crippen LogP contribution in [-0.4, -0.2) is 37.2 Å². The lowest BCUT2D eigenvalue weighted by Gasteiger charge is -2.18. The summed E-state index contributed by atoms with van der Waals surface area (Å²) in [5, 5.41) is 0. The summed E-state index contributed by atoms with van der Waals surface area (Å²) in [5.41, 5.74) is 0. The van der Waals surface area contributed by atoms with Gasteiger partial charge in [-0.2, -0.15) is 0 Å². The van der Waals surface area contributed by atoms with Gasteiger partial charge >= 0.3 is 17.9 Å². The minimum Gasteiger partial charge on any atom is -0.462 e. The maximum atomic E-state index is 12.9. The Kier molecular flexibility index (Phi) is 63.2. The molecule has 0 aliphatic carbocycles. The Morgan fingerprint density at radius 3 is 0.753 bits per heavy atom. The number of rotatable bonds is 62. The van der Waals surface area contributed by atoms with Crippen LogP contribution in [0.1, 0.15) is 355 Å². The quantitative estimate of drug-likeness (QED) is 0.0261. The molecule has 0 fully saturated rings. The van der Waals surface area contributed by atoms with E-state index in [1.165, 1.54) is 218 Å². The number of carbonyl (C=O) groups excluding carboxylic acids is 3. The molecular weight excluding hydrogens is 949 g/mol. The Labute approximate surface area is 479 Å². The number of ether oxygens (including phenoxy) is 3. The summed E-state index contributed by atoms with van der Waals surface area (Å²) in [6.45, 7) is 6.63. The van der Waals surface area contributed by atoms with Crippen molar-refractivity contribution in [3.63, 3.8) is 0 Å². The summed E-state index contributed by atoms with van der Waals surface area (Å²) in [5.74, 6) is -0.878. The highest BCUT2D eigenvalue weighted by atomic mass is 16.6. The predicted octanol–water partition coefficient (Wildman–Crippen LogP) is 23.1. The fraction of sp³-hybridized carbons (Fsp3) is 0.817. The molecule has 0 aromatic heterocycles. The smallest absolute Gasteiger partial charge is 0.306 e. The second-order valence-electron chi connectivity index (χ2n) is 22.7. The number of unbranched alkanes of at least 4 members (excludes halogenated alkanes) is 41. The molecule has 0 aromatic rings. The molecule has 6 heteroatoms. The molecule has 0 saturated carbocycles. The molecule has 448 valence electrons. The van der Waals surface area contributed by atoms with Crippen LogP contribution in [0.4, 0.5) is 0 Å². The van der Waals surface area contributed by atoms with Gasteiger partial charge in [0.1, 0.15) is 13.2 Å². The fourth-order valence-corrected chi connectivity index (χ4v) is 9.89. The molecule has 0 amide bonds. The lowest BCUT2D eigenvalue weighted by atomic mass is 10.0. The molecule has 0 aliphatic heterocycles. The minimum atomic E-state index is -0.785. The Hall–Kier alpha value is -2.89. The lowest BCUT2D eigenvalue weighted by Crippen LogP contribution is -2.30. The standard InChI is InChI=1S/C71H128O6/c1-4-7-10-13-16-19-22-25-28-31-33-34-35-36-38-40-43-46-49-52-55-58-61-64-70(73)76-67-68(66-75-69(72)63-60-57-54-51-48-45-42-39-30-27-24-21-18-15-12-9-6-3)77-71(74)65-62-59-56-53-50-47-44-41-37-32-29-26-23-20-17-14-11-8-5-2/h17-18,20-21,26-27,29-30,37,41,68H,4-16,19,22-25,28,31-36,38-40,42-67H2,1-3H3/b20-17-,21-18-,29-26-,30-27-,41-37-. The SMILES string of the molecule is CCCCC/C=C\C/C=C\C/C=C\CCCCCCCCC(=O)OC(COC(=O)CCCCCCCCC/C=C\C/C=C\CCCCC)COC(=O)CCCCCCCCCCCCCCCCCCCCCCCCC. The summed E-state index contributed by atoms with van der Waals surface area (Å²) in [6.07, 6.45) is 83.7. The first-order valence-electron chi connectivity index (χ1n) is 33.8. The number of hydrogen-bond acceptors (Lipinski definition) is 6. The van der Waals surface area contributed by atoms with E-state index in [-0.39, 0.29) is 31.1 Å². The van der Waals surface area contributed by atoms with Gasteiger partial charge < -0.3 is 14.2 Å². The lowest BCUT2D eigenvalue weighted by molar-refractivity contribution is -0.167. The van der Waals surface area contributed by atoms with Gasteiger partial charge in [-0.3, -0.25) is 14.4 Å². The Balaban J connectivity index is 4.34. The number of carbonyl (C=O) groups is 3. The van der Waals surface area contributed by atoms with Gasteiger partial charge in [0.25, 0.3) is 0 Å². The van der Waals surface area contributed by atoms with Crippen LogP contribution in [-0.2, 0) is 28.6 Å². The van der Waals surface area contributed by atoms with Crippen LogP contribution in [0.25, 0.3) is 0 Å². The van der Waals surface area contributed by atoms with Crippen molar-refractivity contribution in [2.45, 2.75) is 361 Å². The van der Waals surface area contributed by atoms with Crippen molar-refractivity contribution in [3.05, 3.63) is 60.8 Å². The first-order valence-corrected chi connectivity index (χ1v) is 33.8. The highest BCUT2D eigenvalue weighted by molar-refractivity contribution is 5.71. The van der Waals surface area contributed by atoms with E-state index in [9.17, 15) is 14.4 Å². The molecular formula is C71H128O6. The van der Waals surface area contributed by atoms with Crippen molar-refractivity contribution < 1.29 is 28.6 Å². The van der Waals surface area contributed by atoms with Crippen LogP contribution in [0, 0.1) is 0 Å². The summed E-state index contributed by atoms with van der Waals surface area (Å²) in [6, 6.07) is 0. The van der Waals surface area contributed by atoms with Crippen molar-refractivity contribution in [3.8, 4) is 0 Å². The van der Waals surface area contributed by atoms with E-state index >= 15 is 0 Å². The zero-order valence-electron chi connectivity index (χ0n) is 51.5. The average molecular weight is 1080 g/mol. The summed E-state index contributed by atoms with van der Waals surface area (Å²) in [4.78, 5) is 38.4. The third kappa shape index (κ3) is 63.8. The molecule has 0 radical (unpaired) electrons. The zero-order chi connectivity index (χ0) is 55.7. The normalized spacial score (nSPS) is 12.4. The molecule has 77 heavy (non-hydrogen) atoms. The summed E-state index contributed by atoms with van der Waals surface area (Å²) in [7, 11) is 0. The molecule has 0 aromatic carbocycles. The second-order valence-corrected chi connectivity index (χ2v) is 22.7. The topological polar surface area (TPSA) is 78.9 Å². The van der Waals surface area contributed by atoms with Gasteiger partial charge in [0.05, 0.1) is 0 Å². The maximum absolute atomic E-state index is 12.9. The highest BCUT2D eigenvalue weighted by Gasteiger charge is 2.19. The molecule has 1 atom stereocenters. The van der Waals surface area contributed by atoms with E-state index < -0.39 is 6.10 Å². The van der Waals surface area contributed by atoms with E-state index in [1.54, 1.807) is 0 Å². The van der Waals surface area contributed by atoms with Crippen LogP contribution in [0.2, 0.25) is 0 Å². The van der Waals surface area contributed by atoms with Gasteiger partial charge in [0.15, 0.2) is 6.10 Å². The van der Waals surface area contributed by atoms with Gasteiger partial charge in [0, 0.05) is 19.3 Å². The van der Waals surface area contributed by atoms with E-state index in [1.807, 2.05) is 0 Å². The van der Waals surface area contributed by atoms with Gasteiger partial charge in [-0.1, -0.05) is 306 Å². The molecule has 0 N–H and O–H groups in total. The third-order valence-corrected chi connectivity index (χ3v) is 15.0.